The number of methoxy groups -OCH3 is 2. The van der Waals surface area contributed by atoms with Crippen LogP contribution in [0.3, 0.4) is 0 Å². The number of hydrogen-bond donors (Lipinski definition) is 0. The second-order valence-corrected chi connectivity index (χ2v) is 10.4. The lowest BCUT2D eigenvalue weighted by molar-refractivity contribution is -0.131. The van der Waals surface area contributed by atoms with Crippen LogP contribution in [0.25, 0.3) is 0 Å². The van der Waals surface area contributed by atoms with E-state index in [1.54, 1.807) is 17.0 Å². The maximum absolute atomic E-state index is 13.9. The van der Waals surface area contributed by atoms with Crippen molar-refractivity contribution in [3.05, 3.63) is 84.4 Å². The van der Waals surface area contributed by atoms with Gasteiger partial charge < -0.3 is 19.3 Å². The summed E-state index contributed by atoms with van der Waals surface area (Å²) in [5, 5.41) is 0. The van der Waals surface area contributed by atoms with Crippen molar-refractivity contribution in [2.45, 2.75) is 11.4 Å². The Kier molecular flexibility index (Phi) is 8.12. The first-order valence-electron chi connectivity index (χ1n) is 11.8. The summed E-state index contributed by atoms with van der Waals surface area (Å²) in [4.78, 5) is 17.3. The van der Waals surface area contributed by atoms with Crippen LogP contribution in [0.15, 0.2) is 83.8 Å². The molecule has 1 saturated heterocycles. The molecule has 0 aliphatic carbocycles. The van der Waals surface area contributed by atoms with E-state index >= 15 is 0 Å². The van der Waals surface area contributed by atoms with Gasteiger partial charge in [-0.15, -0.1) is 0 Å². The lowest BCUT2D eigenvalue weighted by Crippen LogP contribution is -2.51. The maximum atomic E-state index is 13.9. The van der Waals surface area contributed by atoms with Gasteiger partial charge in [0, 0.05) is 44.5 Å². The lowest BCUT2D eigenvalue weighted by Gasteiger charge is -2.37. The highest BCUT2D eigenvalue weighted by Gasteiger charge is 2.32. The zero-order valence-electron chi connectivity index (χ0n) is 20.5. The van der Waals surface area contributed by atoms with E-state index in [-0.39, 0.29) is 29.6 Å². The van der Waals surface area contributed by atoms with Gasteiger partial charge in [0.1, 0.15) is 16.4 Å². The molecule has 0 unspecified atom stereocenters. The molecule has 9 heteroatoms. The van der Waals surface area contributed by atoms with E-state index in [1.165, 1.54) is 24.6 Å². The molecule has 0 N–H and O–H groups in total. The third-order valence-electron chi connectivity index (χ3n) is 6.26. The van der Waals surface area contributed by atoms with Gasteiger partial charge in [-0.25, -0.2) is 8.42 Å². The van der Waals surface area contributed by atoms with Crippen molar-refractivity contribution in [2.75, 3.05) is 51.8 Å². The predicted octanol–water partition coefficient (Wildman–Crippen LogP) is 3.24. The molecule has 3 aromatic rings. The second-order valence-electron chi connectivity index (χ2n) is 8.48. The van der Waals surface area contributed by atoms with E-state index in [0.29, 0.717) is 31.9 Å². The number of sulfonamides is 1. The number of rotatable bonds is 9. The maximum Gasteiger partial charge on any atom is 0.247 e. The van der Waals surface area contributed by atoms with Crippen molar-refractivity contribution in [3.8, 4) is 11.5 Å². The first-order chi connectivity index (χ1) is 17.4. The third kappa shape index (κ3) is 5.80. The fraction of sp³-hybridized carbons (Fsp3) is 0.296. The van der Waals surface area contributed by atoms with Crippen molar-refractivity contribution in [1.82, 2.24) is 9.21 Å². The number of nitrogens with zero attached hydrogens (tertiary/aromatic N) is 3. The number of carbonyl (C=O) groups is 1. The van der Waals surface area contributed by atoms with Crippen molar-refractivity contribution in [2.24, 2.45) is 0 Å². The molecule has 4 rings (SSSR count). The molecule has 0 saturated carbocycles. The molecule has 1 aliphatic heterocycles. The summed E-state index contributed by atoms with van der Waals surface area (Å²) in [6.45, 7) is 2.20. The number of amides is 1. The Hall–Kier alpha value is -3.56. The number of benzene rings is 3. The Balaban J connectivity index is 1.56. The highest BCUT2D eigenvalue weighted by Crippen LogP contribution is 2.31. The van der Waals surface area contributed by atoms with Gasteiger partial charge in [-0.05, 0) is 29.8 Å². The van der Waals surface area contributed by atoms with Gasteiger partial charge in [0.05, 0.1) is 20.8 Å². The molecular weight excluding hydrogens is 478 g/mol. The van der Waals surface area contributed by atoms with Crippen molar-refractivity contribution in [3.63, 3.8) is 0 Å². The van der Waals surface area contributed by atoms with Crippen molar-refractivity contribution < 1.29 is 22.7 Å². The van der Waals surface area contributed by atoms with Crippen LogP contribution in [-0.4, -0.2) is 70.5 Å². The number of hydrogen-bond acceptors (Lipinski definition) is 6. The normalized spacial score (nSPS) is 14.1. The molecule has 0 radical (unpaired) electrons. The molecule has 190 valence electrons. The van der Waals surface area contributed by atoms with E-state index in [0.717, 1.165) is 11.3 Å². The third-order valence-corrected chi connectivity index (χ3v) is 8.07. The molecular formula is C27H31N3O5S. The number of para-hydroxylation sites is 1. The van der Waals surface area contributed by atoms with Crippen molar-refractivity contribution >= 4 is 21.6 Å². The average molecular weight is 510 g/mol. The van der Waals surface area contributed by atoms with E-state index in [9.17, 15) is 13.2 Å². The number of anilines is 1. The Morgan fingerprint density at radius 3 is 2.11 bits per heavy atom. The van der Waals surface area contributed by atoms with Gasteiger partial charge in [-0.1, -0.05) is 48.5 Å². The Labute approximate surface area is 212 Å². The topological polar surface area (TPSA) is 79.4 Å². The first-order valence-corrected chi connectivity index (χ1v) is 13.2. The molecule has 0 spiro atoms. The summed E-state index contributed by atoms with van der Waals surface area (Å²) < 4.78 is 39.5. The molecule has 0 aromatic heterocycles. The SMILES string of the molecule is COc1ccc(OC)c(S(=O)(=O)N(CC(=O)N2CCN(c3ccccc3)CC2)Cc2ccccc2)c1. The van der Waals surface area contributed by atoms with Crippen LogP contribution >= 0.6 is 0 Å². The smallest absolute Gasteiger partial charge is 0.247 e. The molecule has 36 heavy (non-hydrogen) atoms. The predicted molar refractivity (Wildman–Crippen MR) is 139 cm³/mol. The molecule has 0 atom stereocenters. The Morgan fingerprint density at radius 1 is 0.861 bits per heavy atom. The highest BCUT2D eigenvalue weighted by atomic mass is 32.2. The summed E-state index contributed by atoms with van der Waals surface area (Å²) in [5.74, 6) is 0.347. The van der Waals surface area contributed by atoms with Gasteiger partial charge in [0.15, 0.2) is 0 Å². The zero-order valence-corrected chi connectivity index (χ0v) is 21.4. The summed E-state index contributed by atoms with van der Waals surface area (Å²) >= 11 is 0. The minimum atomic E-state index is -4.09. The summed E-state index contributed by atoms with van der Waals surface area (Å²) in [6, 6.07) is 23.9. The van der Waals surface area contributed by atoms with E-state index in [4.69, 9.17) is 9.47 Å². The van der Waals surface area contributed by atoms with Crippen molar-refractivity contribution in [1.29, 1.82) is 0 Å². The Bertz CT molecular complexity index is 1260. The largest absolute Gasteiger partial charge is 0.497 e. The van der Waals surface area contributed by atoms with Gasteiger partial charge in [0.25, 0.3) is 0 Å². The van der Waals surface area contributed by atoms with Crippen LogP contribution in [0.4, 0.5) is 5.69 Å². The molecule has 1 fully saturated rings. The van der Waals surface area contributed by atoms with Crippen LogP contribution in [0.5, 0.6) is 11.5 Å². The van der Waals surface area contributed by atoms with Crippen LogP contribution in [-0.2, 0) is 21.4 Å². The van der Waals surface area contributed by atoms with Crippen LogP contribution in [0.1, 0.15) is 5.56 Å². The summed E-state index contributed by atoms with van der Waals surface area (Å²) in [6.07, 6.45) is 0. The van der Waals surface area contributed by atoms with Gasteiger partial charge >= 0.3 is 0 Å². The quantitative estimate of drug-likeness (QED) is 0.441. The minimum Gasteiger partial charge on any atom is -0.497 e. The monoisotopic (exact) mass is 509 g/mol. The van der Waals surface area contributed by atoms with Gasteiger partial charge in [-0.3, -0.25) is 4.79 Å². The van der Waals surface area contributed by atoms with E-state index in [2.05, 4.69) is 4.90 Å². The molecule has 0 bridgehead atoms. The van der Waals surface area contributed by atoms with Crippen LogP contribution in [0.2, 0.25) is 0 Å². The summed E-state index contributed by atoms with van der Waals surface area (Å²) in [7, 11) is -1.20. The average Bonchev–Trinajstić information content (AvgIpc) is 2.93. The zero-order chi connectivity index (χ0) is 25.5. The molecule has 1 aliphatic rings. The van der Waals surface area contributed by atoms with Gasteiger partial charge in [0.2, 0.25) is 15.9 Å². The molecule has 1 amide bonds. The standard InChI is InChI=1S/C27H31N3O5S/c1-34-24-13-14-25(35-2)26(19-24)36(32,33)30(20-22-9-5-3-6-10-22)21-27(31)29-17-15-28(16-18-29)23-11-7-4-8-12-23/h3-14,19H,15-18,20-21H2,1-2H3. The first kappa shape index (κ1) is 25.5. The van der Waals surface area contributed by atoms with Gasteiger partial charge in [-0.2, -0.15) is 4.31 Å². The Morgan fingerprint density at radius 2 is 1.50 bits per heavy atom. The fourth-order valence-electron chi connectivity index (χ4n) is 4.24. The minimum absolute atomic E-state index is 0.0398. The van der Waals surface area contributed by atoms with E-state index in [1.807, 2.05) is 60.7 Å². The second kappa shape index (κ2) is 11.5. The molecule has 1 heterocycles. The summed E-state index contributed by atoms with van der Waals surface area (Å²) in [5.41, 5.74) is 1.90. The van der Waals surface area contributed by atoms with E-state index < -0.39 is 10.0 Å². The number of ether oxygens (including phenoxy) is 2. The lowest BCUT2D eigenvalue weighted by atomic mass is 10.2. The number of carbonyl (C=O) groups excluding carboxylic acids is 1. The van der Waals surface area contributed by atoms with Crippen LogP contribution < -0.4 is 14.4 Å². The fourth-order valence-corrected chi connectivity index (χ4v) is 5.79. The molecule has 8 nitrogen and oxygen atoms in total. The van der Waals surface area contributed by atoms with Crippen LogP contribution in [0, 0.1) is 0 Å². The molecule has 3 aromatic carbocycles. The number of piperazine rings is 1. The highest BCUT2D eigenvalue weighted by molar-refractivity contribution is 7.89.